The fraction of sp³-hybridized carbons (Fsp3) is 0.286. The van der Waals surface area contributed by atoms with Crippen LogP contribution in [0, 0.1) is 22.7 Å². The molecule has 0 unspecified atom stereocenters. The van der Waals surface area contributed by atoms with Crippen molar-refractivity contribution in [3.63, 3.8) is 0 Å². The van der Waals surface area contributed by atoms with Crippen LogP contribution in [0.15, 0.2) is 18.2 Å². The monoisotopic (exact) mass is 284 g/mol. The van der Waals surface area contributed by atoms with E-state index in [1.54, 1.807) is 0 Å². The van der Waals surface area contributed by atoms with E-state index in [4.69, 9.17) is 15.6 Å². The maximum absolute atomic E-state index is 12.1. The molecule has 21 heavy (non-hydrogen) atoms. The van der Waals surface area contributed by atoms with Crippen LogP contribution in [0.2, 0.25) is 0 Å². The molecule has 106 valence electrons. The minimum Gasteiger partial charge on any atom is -0.480 e. The number of nitrogens with zero attached hydrogens (tertiary/aromatic N) is 3. The molecular formula is C14H12N4O3. The number of likely N-dealkylation sites (tertiary alicyclic amines) is 1. The van der Waals surface area contributed by atoms with E-state index in [1.807, 2.05) is 12.1 Å². The van der Waals surface area contributed by atoms with Crippen molar-refractivity contribution in [1.82, 2.24) is 4.90 Å². The number of amides is 2. The minimum atomic E-state index is -1.03. The van der Waals surface area contributed by atoms with Gasteiger partial charge in [0.1, 0.15) is 18.2 Å². The topological polar surface area (TPSA) is 117 Å². The summed E-state index contributed by atoms with van der Waals surface area (Å²) in [7, 11) is 0. The number of aliphatic carboxylic acids is 1. The van der Waals surface area contributed by atoms with Gasteiger partial charge < -0.3 is 15.3 Å². The number of nitrogens with one attached hydrogen (secondary N) is 1. The van der Waals surface area contributed by atoms with E-state index in [-0.39, 0.29) is 11.1 Å². The van der Waals surface area contributed by atoms with Gasteiger partial charge in [-0.25, -0.2) is 9.59 Å². The first kappa shape index (κ1) is 14.4. The second-order valence-electron chi connectivity index (χ2n) is 4.60. The Morgan fingerprint density at radius 2 is 2.00 bits per heavy atom. The van der Waals surface area contributed by atoms with Crippen molar-refractivity contribution in [3.8, 4) is 12.1 Å². The second-order valence-corrected chi connectivity index (χ2v) is 4.60. The summed E-state index contributed by atoms with van der Waals surface area (Å²) in [5, 5.41) is 29.4. The smallest absolute Gasteiger partial charge is 0.326 e. The summed E-state index contributed by atoms with van der Waals surface area (Å²) in [5.74, 6) is -1.03. The van der Waals surface area contributed by atoms with Crippen LogP contribution in [-0.2, 0) is 4.79 Å². The lowest BCUT2D eigenvalue weighted by molar-refractivity contribution is -0.141. The van der Waals surface area contributed by atoms with Crippen LogP contribution in [0.4, 0.5) is 10.5 Å². The average Bonchev–Trinajstić information content (AvgIpc) is 2.96. The zero-order valence-corrected chi connectivity index (χ0v) is 11.0. The zero-order valence-electron chi connectivity index (χ0n) is 11.0. The van der Waals surface area contributed by atoms with Crippen molar-refractivity contribution < 1.29 is 14.7 Å². The summed E-state index contributed by atoms with van der Waals surface area (Å²) in [5.41, 5.74) is 0.734. The number of anilines is 1. The number of carbonyl (C=O) groups is 2. The molecule has 2 amide bonds. The number of benzene rings is 1. The molecule has 1 aliphatic rings. The molecule has 2 rings (SSSR count). The summed E-state index contributed by atoms with van der Waals surface area (Å²) >= 11 is 0. The predicted octanol–water partition coefficient (Wildman–Crippen LogP) is 1.51. The summed E-state index contributed by atoms with van der Waals surface area (Å²) in [4.78, 5) is 24.4. The van der Waals surface area contributed by atoms with Gasteiger partial charge in [-0.1, -0.05) is 0 Å². The number of nitriles is 2. The van der Waals surface area contributed by atoms with Crippen molar-refractivity contribution >= 4 is 17.7 Å². The zero-order chi connectivity index (χ0) is 15.4. The number of hydrogen-bond acceptors (Lipinski definition) is 4. The van der Waals surface area contributed by atoms with E-state index >= 15 is 0 Å². The maximum Gasteiger partial charge on any atom is 0.326 e. The Balaban J connectivity index is 2.15. The lowest BCUT2D eigenvalue weighted by Gasteiger charge is -2.21. The number of carboxylic acid groups (broad SMARTS) is 1. The number of rotatable bonds is 2. The van der Waals surface area contributed by atoms with Crippen LogP contribution in [-0.4, -0.2) is 34.6 Å². The van der Waals surface area contributed by atoms with E-state index in [0.717, 1.165) is 0 Å². The highest BCUT2D eigenvalue weighted by Crippen LogP contribution is 2.20. The first-order chi connectivity index (χ1) is 10.1. The minimum absolute atomic E-state index is 0.159. The molecule has 0 aliphatic carbocycles. The van der Waals surface area contributed by atoms with Crippen LogP contribution < -0.4 is 5.32 Å². The third-order valence-electron chi connectivity index (χ3n) is 3.31. The summed E-state index contributed by atoms with van der Waals surface area (Å²) < 4.78 is 0. The first-order valence-electron chi connectivity index (χ1n) is 6.31. The van der Waals surface area contributed by atoms with Gasteiger partial charge in [0, 0.05) is 12.2 Å². The van der Waals surface area contributed by atoms with Gasteiger partial charge in [0.25, 0.3) is 0 Å². The molecule has 2 N–H and O–H groups in total. The van der Waals surface area contributed by atoms with Crippen LogP contribution in [0.1, 0.15) is 24.0 Å². The quantitative estimate of drug-likeness (QED) is 0.853. The maximum atomic E-state index is 12.1. The molecule has 7 nitrogen and oxygen atoms in total. The van der Waals surface area contributed by atoms with Gasteiger partial charge in [0.15, 0.2) is 0 Å². The van der Waals surface area contributed by atoms with Crippen molar-refractivity contribution in [3.05, 3.63) is 29.3 Å². The van der Waals surface area contributed by atoms with Crippen molar-refractivity contribution in [2.45, 2.75) is 18.9 Å². The highest BCUT2D eigenvalue weighted by Gasteiger charge is 2.33. The van der Waals surface area contributed by atoms with Crippen LogP contribution in [0.5, 0.6) is 0 Å². The molecule has 0 spiro atoms. The first-order valence-corrected chi connectivity index (χ1v) is 6.31. The van der Waals surface area contributed by atoms with Crippen molar-refractivity contribution in [2.75, 3.05) is 11.9 Å². The summed E-state index contributed by atoms with van der Waals surface area (Å²) in [6.45, 7) is 0.379. The van der Waals surface area contributed by atoms with Crippen molar-refractivity contribution in [2.24, 2.45) is 0 Å². The summed E-state index contributed by atoms with van der Waals surface area (Å²) in [6, 6.07) is 6.75. The Hall–Kier alpha value is -3.06. The Morgan fingerprint density at radius 1 is 1.29 bits per heavy atom. The second kappa shape index (κ2) is 5.93. The lowest BCUT2D eigenvalue weighted by Crippen LogP contribution is -2.42. The van der Waals surface area contributed by atoms with Gasteiger partial charge >= 0.3 is 12.0 Å². The van der Waals surface area contributed by atoms with Gasteiger partial charge in [-0.3, -0.25) is 0 Å². The third-order valence-corrected chi connectivity index (χ3v) is 3.31. The predicted molar refractivity (Wildman–Crippen MR) is 72.3 cm³/mol. The van der Waals surface area contributed by atoms with Gasteiger partial charge in [0.05, 0.1) is 11.1 Å². The van der Waals surface area contributed by atoms with Gasteiger partial charge in [0.2, 0.25) is 0 Å². The number of hydrogen-bond donors (Lipinski definition) is 2. The van der Waals surface area contributed by atoms with E-state index in [0.29, 0.717) is 25.1 Å². The van der Waals surface area contributed by atoms with E-state index < -0.39 is 18.0 Å². The molecule has 1 aliphatic heterocycles. The highest BCUT2D eigenvalue weighted by atomic mass is 16.4. The molecule has 7 heteroatoms. The number of carbonyl (C=O) groups excluding carboxylic acids is 1. The van der Waals surface area contributed by atoms with Crippen LogP contribution in [0.25, 0.3) is 0 Å². The van der Waals surface area contributed by atoms with Gasteiger partial charge in [-0.2, -0.15) is 10.5 Å². The molecule has 1 aromatic rings. The molecule has 1 fully saturated rings. The van der Waals surface area contributed by atoms with Gasteiger partial charge in [-0.05, 0) is 31.0 Å². The lowest BCUT2D eigenvalue weighted by atomic mass is 10.1. The Labute approximate surface area is 121 Å². The van der Waals surface area contributed by atoms with Crippen LogP contribution >= 0.6 is 0 Å². The molecular weight excluding hydrogens is 272 g/mol. The van der Waals surface area contributed by atoms with E-state index in [2.05, 4.69) is 5.32 Å². The molecule has 0 bridgehead atoms. The van der Waals surface area contributed by atoms with E-state index in [1.165, 1.54) is 23.1 Å². The fourth-order valence-electron chi connectivity index (χ4n) is 2.27. The average molecular weight is 284 g/mol. The molecule has 0 radical (unpaired) electrons. The molecule has 1 aromatic carbocycles. The highest BCUT2D eigenvalue weighted by molar-refractivity contribution is 5.93. The largest absolute Gasteiger partial charge is 0.480 e. The molecule has 1 heterocycles. The number of urea groups is 1. The SMILES string of the molecule is N#Cc1ccc(NC(=O)N2CCC[C@@H]2C(=O)O)cc1C#N. The Morgan fingerprint density at radius 3 is 2.62 bits per heavy atom. The fourth-order valence-corrected chi connectivity index (χ4v) is 2.27. The van der Waals surface area contributed by atoms with Crippen LogP contribution in [0.3, 0.4) is 0 Å². The summed E-state index contributed by atoms with van der Waals surface area (Å²) in [6.07, 6.45) is 1.07. The molecule has 1 atom stereocenters. The number of carboxylic acids is 1. The standard InChI is InChI=1S/C14H12N4O3/c15-7-9-3-4-11(6-10(9)8-16)17-14(21)18-5-1-2-12(18)13(19)20/h3-4,6,12H,1-2,5H2,(H,17,21)(H,19,20)/t12-/m1/s1. The molecule has 1 saturated heterocycles. The Kier molecular flexibility index (Phi) is 4.05. The molecule has 0 aromatic heterocycles. The van der Waals surface area contributed by atoms with Crippen molar-refractivity contribution in [1.29, 1.82) is 10.5 Å². The van der Waals surface area contributed by atoms with E-state index in [9.17, 15) is 9.59 Å². The third kappa shape index (κ3) is 2.93. The molecule has 0 saturated carbocycles. The van der Waals surface area contributed by atoms with Gasteiger partial charge in [-0.15, -0.1) is 0 Å². The Bertz CT molecular complexity index is 672. The normalized spacial score (nSPS) is 16.9.